The van der Waals surface area contributed by atoms with E-state index in [0.717, 1.165) is 23.7 Å². The molecule has 84 valence electrons. The van der Waals surface area contributed by atoms with Crippen LogP contribution in [0.15, 0.2) is 24.3 Å². The predicted octanol–water partition coefficient (Wildman–Crippen LogP) is 1.96. The average molecular weight is 216 g/mol. The van der Waals surface area contributed by atoms with Crippen molar-refractivity contribution in [2.24, 2.45) is 5.92 Å². The van der Waals surface area contributed by atoms with Gasteiger partial charge in [0, 0.05) is 12.2 Å². The van der Waals surface area contributed by atoms with E-state index in [2.05, 4.69) is 11.8 Å². The molecule has 1 aromatic carbocycles. The molecular weight excluding hydrogens is 200 g/mol. The topological polar surface area (TPSA) is 29.5 Å². The van der Waals surface area contributed by atoms with Gasteiger partial charge in [-0.15, -0.1) is 0 Å². The lowest BCUT2D eigenvalue weighted by atomic mass is 10.1. The van der Waals surface area contributed by atoms with Crippen molar-refractivity contribution in [1.29, 1.82) is 0 Å². The van der Waals surface area contributed by atoms with Gasteiger partial charge in [0.25, 0.3) is 0 Å². The summed E-state index contributed by atoms with van der Waals surface area (Å²) in [5.41, 5.74) is 2.05. The third-order valence-corrected chi connectivity index (χ3v) is 2.63. The number of aliphatic hydroxyl groups excluding tert-OH is 1. The first kappa shape index (κ1) is 11.2. The minimum absolute atomic E-state index is 0.0999. The van der Waals surface area contributed by atoms with Gasteiger partial charge in [-0.3, -0.25) is 0 Å². The normalized spacial score (nSPS) is 14.3. The third kappa shape index (κ3) is 3.37. The van der Waals surface area contributed by atoms with Crippen molar-refractivity contribution in [2.75, 3.05) is 13.2 Å². The van der Waals surface area contributed by atoms with Gasteiger partial charge in [0.05, 0.1) is 6.61 Å². The molecular formula is C14H16O2. The van der Waals surface area contributed by atoms with Crippen molar-refractivity contribution in [3.05, 3.63) is 35.4 Å². The van der Waals surface area contributed by atoms with Gasteiger partial charge in [-0.1, -0.05) is 30.0 Å². The van der Waals surface area contributed by atoms with Crippen LogP contribution in [0.1, 0.15) is 24.0 Å². The van der Waals surface area contributed by atoms with Crippen LogP contribution in [0.25, 0.3) is 0 Å². The molecule has 0 heterocycles. The largest absolute Gasteiger partial charge is 0.384 e. The second-order valence-electron chi connectivity index (χ2n) is 4.08. The lowest BCUT2D eigenvalue weighted by Crippen LogP contribution is -1.98. The van der Waals surface area contributed by atoms with Crippen molar-refractivity contribution >= 4 is 0 Å². The van der Waals surface area contributed by atoms with Crippen molar-refractivity contribution < 1.29 is 9.84 Å². The maximum Gasteiger partial charge on any atom is 0.104 e. The zero-order valence-electron chi connectivity index (χ0n) is 9.28. The number of aliphatic hydroxyl groups is 1. The summed E-state index contributed by atoms with van der Waals surface area (Å²) >= 11 is 0. The summed E-state index contributed by atoms with van der Waals surface area (Å²) < 4.78 is 5.63. The van der Waals surface area contributed by atoms with Crippen LogP contribution in [-0.4, -0.2) is 18.3 Å². The summed E-state index contributed by atoms with van der Waals surface area (Å²) in [5, 5.41) is 8.67. The number of benzene rings is 1. The fourth-order valence-corrected chi connectivity index (χ4v) is 1.52. The molecule has 1 N–H and O–H groups in total. The van der Waals surface area contributed by atoms with E-state index >= 15 is 0 Å². The number of hydrogen-bond acceptors (Lipinski definition) is 2. The maximum atomic E-state index is 8.67. The van der Waals surface area contributed by atoms with E-state index in [0.29, 0.717) is 6.61 Å². The van der Waals surface area contributed by atoms with Gasteiger partial charge in [-0.25, -0.2) is 0 Å². The molecule has 0 spiro atoms. The highest BCUT2D eigenvalue weighted by Gasteiger charge is 2.21. The standard InChI is InChI=1S/C14H16O2/c15-9-3-6-13-4-1-2-5-14(13)11-16-10-12-7-8-12/h1-2,4-5,12,15H,7-11H2. The Balaban J connectivity index is 1.94. The number of hydrogen-bond donors (Lipinski definition) is 1. The Morgan fingerprint density at radius 1 is 1.31 bits per heavy atom. The van der Waals surface area contributed by atoms with Crippen LogP contribution in [0, 0.1) is 17.8 Å². The molecule has 0 aliphatic heterocycles. The van der Waals surface area contributed by atoms with E-state index in [1.807, 2.05) is 24.3 Å². The summed E-state index contributed by atoms with van der Waals surface area (Å²) in [6.45, 7) is 1.38. The Morgan fingerprint density at radius 2 is 2.12 bits per heavy atom. The first-order chi connectivity index (χ1) is 7.90. The highest BCUT2D eigenvalue weighted by Crippen LogP contribution is 2.29. The minimum Gasteiger partial charge on any atom is -0.384 e. The van der Waals surface area contributed by atoms with Crippen LogP contribution < -0.4 is 0 Å². The van der Waals surface area contributed by atoms with E-state index in [1.165, 1.54) is 12.8 Å². The first-order valence-electron chi connectivity index (χ1n) is 5.65. The molecule has 1 saturated carbocycles. The van der Waals surface area contributed by atoms with Gasteiger partial charge < -0.3 is 9.84 Å². The van der Waals surface area contributed by atoms with E-state index in [4.69, 9.17) is 9.84 Å². The van der Waals surface area contributed by atoms with Gasteiger partial charge in [-0.05, 0) is 30.4 Å². The number of ether oxygens (including phenoxy) is 1. The van der Waals surface area contributed by atoms with Crippen LogP contribution in [0.3, 0.4) is 0 Å². The van der Waals surface area contributed by atoms with Crippen LogP contribution in [0.5, 0.6) is 0 Å². The van der Waals surface area contributed by atoms with E-state index in [9.17, 15) is 0 Å². The van der Waals surface area contributed by atoms with Crippen LogP contribution >= 0.6 is 0 Å². The van der Waals surface area contributed by atoms with E-state index < -0.39 is 0 Å². The molecule has 1 aromatic rings. The highest BCUT2D eigenvalue weighted by molar-refractivity contribution is 5.40. The second kappa shape index (κ2) is 5.69. The van der Waals surface area contributed by atoms with Crippen LogP contribution in [-0.2, 0) is 11.3 Å². The molecule has 16 heavy (non-hydrogen) atoms. The third-order valence-electron chi connectivity index (χ3n) is 2.63. The van der Waals surface area contributed by atoms with Crippen molar-refractivity contribution in [3.63, 3.8) is 0 Å². The monoisotopic (exact) mass is 216 g/mol. The van der Waals surface area contributed by atoms with Crippen LogP contribution in [0.2, 0.25) is 0 Å². The Hall–Kier alpha value is -1.30. The average Bonchev–Trinajstić information content (AvgIpc) is 3.12. The van der Waals surface area contributed by atoms with Gasteiger partial charge in [0.1, 0.15) is 6.61 Å². The molecule has 0 saturated heterocycles. The summed E-state index contributed by atoms with van der Waals surface area (Å²) in [6, 6.07) is 7.92. The Labute approximate surface area is 96.3 Å². The van der Waals surface area contributed by atoms with Crippen molar-refractivity contribution in [2.45, 2.75) is 19.4 Å². The molecule has 0 amide bonds. The summed E-state index contributed by atoms with van der Waals surface area (Å²) in [7, 11) is 0. The molecule has 1 aliphatic rings. The second-order valence-corrected chi connectivity index (χ2v) is 4.08. The molecule has 2 heteroatoms. The molecule has 2 nitrogen and oxygen atoms in total. The number of rotatable bonds is 4. The summed E-state index contributed by atoms with van der Waals surface area (Å²) in [5.74, 6) is 6.39. The molecule has 0 atom stereocenters. The fourth-order valence-electron chi connectivity index (χ4n) is 1.52. The molecule has 0 aromatic heterocycles. The van der Waals surface area contributed by atoms with E-state index in [1.54, 1.807) is 0 Å². The fraction of sp³-hybridized carbons (Fsp3) is 0.429. The minimum atomic E-state index is -0.0999. The Morgan fingerprint density at radius 3 is 2.88 bits per heavy atom. The molecule has 0 radical (unpaired) electrons. The summed E-state index contributed by atoms with van der Waals surface area (Å²) in [6.07, 6.45) is 2.62. The zero-order chi connectivity index (χ0) is 11.2. The quantitative estimate of drug-likeness (QED) is 0.780. The lowest BCUT2D eigenvalue weighted by Gasteiger charge is -2.05. The summed E-state index contributed by atoms with van der Waals surface area (Å²) in [4.78, 5) is 0. The van der Waals surface area contributed by atoms with Gasteiger partial charge in [-0.2, -0.15) is 0 Å². The van der Waals surface area contributed by atoms with Crippen LogP contribution in [0.4, 0.5) is 0 Å². The SMILES string of the molecule is OCC#Cc1ccccc1COCC1CC1. The Bertz CT molecular complexity index is 397. The van der Waals surface area contributed by atoms with E-state index in [-0.39, 0.29) is 6.61 Å². The van der Waals surface area contributed by atoms with Gasteiger partial charge in [0.15, 0.2) is 0 Å². The highest BCUT2D eigenvalue weighted by atomic mass is 16.5. The first-order valence-corrected chi connectivity index (χ1v) is 5.65. The lowest BCUT2D eigenvalue weighted by molar-refractivity contribution is 0.111. The van der Waals surface area contributed by atoms with Crippen molar-refractivity contribution in [1.82, 2.24) is 0 Å². The molecule has 0 bridgehead atoms. The molecule has 1 fully saturated rings. The predicted molar refractivity (Wildman–Crippen MR) is 62.8 cm³/mol. The molecule has 0 unspecified atom stereocenters. The maximum absolute atomic E-state index is 8.67. The zero-order valence-corrected chi connectivity index (χ0v) is 9.28. The smallest absolute Gasteiger partial charge is 0.104 e. The molecule has 1 aliphatic carbocycles. The Kier molecular flexibility index (Phi) is 3.98. The van der Waals surface area contributed by atoms with Gasteiger partial charge in [0.2, 0.25) is 0 Å². The van der Waals surface area contributed by atoms with Crippen molar-refractivity contribution in [3.8, 4) is 11.8 Å². The van der Waals surface area contributed by atoms with Gasteiger partial charge >= 0.3 is 0 Å². The molecule has 2 rings (SSSR count).